The third-order valence-electron chi connectivity index (χ3n) is 2.85. The van der Waals surface area contributed by atoms with Gasteiger partial charge in [-0.2, -0.15) is 11.3 Å². The molecule has 108 valence electrons. The van der Waals surface area contributed by atoms with E-state index in [9.17, 15) is 0 Å². The smallest absolute Gasteiger partial charge is 0.127 e. The highest BCUT2D eigenvalue weighted by Crippen LogP contribution is 2.26. The van der Waals surface area contributed by atoms with Crippen LogP contribution in [0.5, 0.6) is 11.5 Å². The van der Waals surface area contributed by atoms with Crippen molar-refractivity contribution in [2.24, 2.45) is 0 Å². The van der Waals surface area contributed by atoms with Crippen LogP contribution in [0.25, 0.3) is 0 Å². The fraction of sp³-hybridized carbons (Fsp3) is 0.375. The summed E-state index contributed by atoms with van der Waals surface area (Å²) < 4.78 is 11.6. The molecule has 1 N–H and O–H groups in total. The highest BCUT2D eigenvalue weighted by molar-refractivity contribution is 7.07. The van der Waals surface area contributed by atoms with E-state index in [1.807, 2.05) is 19.2 Å². The van der Waals surface area contributed by atoms with Crippen LogP contribution in [-0.2, 0) is 13.2 Å². The fourth-order valence-electron chi connectivity index (χ4n) is 1.85. The summed E-state index contributed by atoms with van der Waals surface area (Å²) in [5.41, 5.74) is 2.34. The van der Waals surface area contributed by atoms with E-state index in [0.29, 0.717) is 6.61 Å². The van der Waals surface area contributed by atoms with Gasteiger partial charge in [-0.25, -0.2) is 0 Å². The van der Waals surface area contributed by atoms with Crippen molar-refractivity contribution >= 4 is 11.3 Å². The van der Waals surface area contributed by atoms with Crippen LogP contribution in [-0.4, -0.2) is 13.7 Å². The van der Waals surface area contributed by atoms with Gasteiger partial charge in [-0.15, -0.1) is 0 Å². The Bertz CT molecular complexity index is 511. The second-order valence-corrected chi connectivity index (χ2v) is 5.35. The molecule has 0 fully saturated rings. The lowest BCUT2D eigenvalue weighted by atomic mass is 10.2. The van der Waals surface area contributed by atoms with Gasteiger partial charge < -0.3 is 14.8 Å². The summed E-state index contributed by atoms with van der Waals surface area (Å²) in [6, 6.07) is 8.12. The molecule has 0 amide bonds. The molecule has 2 aromatic rings. The molecule has 0 aliphatic heterocycles. The van der Waals surface area contributed by atoms with Gasteiger partial charge in [0, 0.05) is 18.2 Å². The van der Waals surface area contributed by atoms with Crippen molar-refractivity contribution in [2.75, 3.05) is 13.7 Å². The Morgan fingerprint density at radius 2 is 2.10 bits per heavy atom. The second kappa shape index (κ2) is 7.92. The quantitative estimate of drug-likeness (QED) is 0.801. The van der Waals surface area contributed by atoms with E-state index in [4.69, 9.17) is 9.47 Å². The third kappa shape index (κ3) is 4.25. The highest BCUT2D eigenvalue weighted by atomic mass is 32.1. The van der Waals surface area contributed by atoms with E-state index in [1.165, 1.54) is 5.56 Å². The van der Waals surface area contributed by atoms with Crippen molar-refractivity contribution in [3.8, 4) is 11.5 Å². The minimum absolute atomic E-state index is 0.595. The first-order chi connectivity index (χ1) is 9.83. The molecule has 0 saturated heterocycles. The van der Waals surface area contributed by atoms with Gasteiger partial charge in [-0.05, 0) is 41.9 Å². The molecule has 4 heteroatoms. The second-order valence-electron chi connectivity index (χ2n) is 4.57. The Balaban J connectivity index is 2.08. The lowest BCUT2D eigenvalue weighted by Gasteiger charge is -2.13. The minimum Gasteiger partial charge on any atom is -0.493 e. The summed E-state index contributed by atoms with van der Waals surface area (Å²) in [5, 5.41) is 7.33. The average Bonchev–Trinajstić information content (AvgIpc) is 2.98. The summed E-state index contributed by atoms with van der Waals surface area (Å²) in [4.78, 5) is 0. The number of hydrogen-bond acceptors (Lipinski definition) is 4. The topological polar surface area (TPSA) is 30.5 Å². The first-order valence-electron chi connectivity index (χ1n) is 6.87. The Kier molecular flexibility index (Phi) is 5.89. The lowest BCUT2D eigenvalue weighted by molar-refractivity contribution is 0.292. The highest BCUT2D eigenvalue weighted by Gasteiger charge is 2.06. The van der Waals surface area contributed by atoms with Gasteiger partial charge in [-0.1, -0.05) is 13.0 Å². The number of rotatable bonds is 8. The zero-order valence-electron chi connectivity index (χ0n) is 12.0. The number of thiophene rings is 1. The largest absolute Gasteiger partial charge is 0.493 e. The van der Waals surface area contributed by atoms with Crippen LogP contribution < -0.4 is 14.8 Å². The standard InChI is InChI=1S/C16H21NO2S/c1-3-7-18-15-5-4-14(10-17-2)16(9-15)19-11-13-6-8-20-12-13/h4-6,8-9,12,17H,3,7,10-11H2,1-2H3. The minimum atomic E-state index is 0.595. The predicted molar refractivity (Wildman–Crippen MR) is 83.6 cm³/mol. The molecule has 0 atom stereocenters. The van der Waals surface area contributed by atoms with Crippen LogP contribution in [0.4, 0.5) is 0 Å². The normalized spacial score (nSPS) is 10.5. The van der Waals surface area contributed by atoms with E-state index in [-0.39, 0.29) is 0 Å². The predicted octanol–water partition coefficient (Wildman–Crippen LogP) is 3.84. The molecule has 0 aliphatic rings. The maximum atomic E-state index is 5.94. The van der Waals surface area contributed by atoms with Crippen LogP contribution >= 0.6 is 11.3 Å². The zero-order valence-corrected chi connectivity index (χ0v) is 12.8. The van der Waals surface area contributed by atoms with Gasteiger partial charge in [0.25, 0.3) is 0 Å². The van der Waals surface area contributed by atoms with Crippen LogP contribution in [0.1, 0.15) is 24.5 Å². The van der Waals surface area contributed by atoms with Crippen LogP contribution in [0.15, 0.2) is 35.0 Å². The molecule has 3 nitrogen and oxygen atoms in total. The molecule has 1 aromatic heterocycles. The van der Waals surface area contributed by atoms with Crippen LogP contribution in [0, 0.1) is 0 Å². The molecule has 1 heterocycles. The van der Waals surface area contributed by atoms with Gasteiger partial charge in [0.1, 0.15) is 18.1 Å². The van der Waals surface area contributed by atoms with Gasteiger partial charge in [-0.3, -0.25) is 0 Å². The van der Waals surface area contributed by atoms with E-state index < -0.39 is 0 Å². The Morgan fingerprint density at radius 1 is 1.20 bits per heavy atom. The molecule has 0 unspecified atom stereocenters. The van der Waals surface area contributed by atoms with Gasteiger partial charge in [0.15, 0.2) is 0 Å². The molecule has 1 aromatic carbocycles. The molecule has 20 heavy (non-hydrogen) atoms. The Morgan fingerprint density at radius 3 is 2.80 bits per heavy atom. The van der Waals surface area contributed by atoms with E-state index in [2.05, 4.69) is 35.1 Å². The summed E-state index contributed by atoms with van der Waals surface area (Å²) in [6.07, 6.45) is 1.00. The average molecular weight is 291 g/mol. The van der Waals surface area contributed by atoms with E-state index in [1.54, 1.807) is 11.3 Å². The Labute approximate surface area is 124 Å². The first-order valence-corrected chi connectivity index (χ1v) is 7.82. The Hall–Kier alpha value is -1.52. The maximum Gasteiger partial charge on any atom is 0.127 e. The van der Waals surface area contributed by atoms with Crippen molar-refractivity contribution in [1.82, 2.24) is 5.32 Å². The number of hydrogen-bond donors (Lipinski definition) is 1. The molecule has 0 spiro atoms. The number of nitrogens with one attached hydrogen (secondary N) is 1. The SMILES string of the molecule is CCCOc1ccc(CNC)c(OCc2ccsc2)c1. The summed E-state index contributed by atoms with van der Waals surface area (Å²) in [7, 11) is 1.93. The van der Waals surface area contributed by atoms with Crippen molar-refractivity contribution in [3.63, 3.8) is 0 Å². The first kappa shape index (κ1) is 14.9. The van der Waals surface area contributed by atoms with Crippen molar-refractivity contribution in [1.29, 1.82) is 0 Å². The summed E-state index contributed by atoms with van der Waals surface area (Å²) in [5.74, 6) is 1.76. The zero-order chi connectivity index (χ0) is 14.2. The molecule has 0 radical (unpaired) electrons. The van der Waals surface area contributed by atoms with E-state index >= 15 is 0 Å². The van der Waals surface area contributed by atoms with Gasteiger partial charge in [0.05, 0.1) is 6.61 Å². The van der Waals surface area contributed by atoms with Gasteiger partial charge in [0.2, 0.25) is 0 Å². The fourth-order valence-corrected chi connectivity index (χ4v) is 2.50. The monoisotopic (exact) mass is 291 g/mol. The van der Waals surface area contributed by atoms with Crippen LogP contribution in [0.2, 0.25) is 0 Å². The van der Waals surface area contributed by atoms with E-state index in [0.717, 1.165) is 36.6 Å². The van der Waals surface area contributed by atoms with Crippen molar-refractivity contribution in [2.45, 2.75) is 26.5 Å². The van der Waals surface area contributed by atoms with Gasteiger partial charge >= 0.3 is 0 Å². The van der Waals surface area contributed by atoms with Crippen LogP contribution in [0.3, 0.4) is 0 Å². The number of ether oxygens (including phenoxy) is 2. The van der Waals surface area contributed by atoms with Crippen molar-refractivity contribution < 1.29 is 9.47 Å². The molecular weight excluding hydrogens is 270 g/mol. The molecular formula is C16H21NO2S. The maximum absolute atomic E-state index is 5.94. The molecule has 0 saturated carbocycles. The molecule has 0 bridgehead atoms. The summed E-state index contributed by atoms with van der Waals surface area (Å²) in [6.45, 7) is 4.21. The number of benzene rings is 1. The third-order valence-corrected chi connectivity index (χ3v) is 3.59. The molecule has 2 rings (SSSR count). The summed E-state index contributed by atoms with van der Waals surface area (Å²) >= 11 is 1.69. The molecule has 0 aliphatic carbocycles. The lowest BCUT2D eigenvalue weighted by Crippen LogP contribution is -2.08. The van der Waals surface area contributed by atoms with Crippen molar-refractivity contribution in [3.05, 3.63) is 46.2 Å².